The van der Waals surface area contributed by atoms with Crippen LogP contribution in [0, 0.1) is 0 Å². The van der Waals surface area contributed by atoms with Crippen LogP contribution < -0.4 is 0 Å². The van der Waals surface area contributed by atoms with E-state index in [0.717, 1.165) is 57.8 Å². The number of hydrogen-bond acceptors (Lipinski definition) is 6. The molecule has 444 valence electrons. The van der Waals surface area contributed by atoms with Crippen LogP contribution >= 0.6 is 0 Å². The van der Waals surface area contributed by atoms with Gasteiger partial charge in [-0.1, -0.05) is 341 Å². The van der Waals surface area contributed by atoms with Crippen molar-refractivity contribution in [1.82, 2.24) is 0 Å². The minimum Gasteiger partial charge on any atom is -0.462 e. The lowest BCUT2D eigenvalue weighted by atomic mass is 10.0. The van der Waals surface area contributed by atoms with E-state index in [1.807, 2.05) is 0 Å². The Morgan fingerprint density at radius 1 is 0.253 bits per heavy atom. The molecule has 0 heterocycles. The Morgan fingerprint density at radius 3 is 0.667 bits per heavy atom. The number of esters is 3. The van der Waals surface area contributed by atoms with E-state index in [0.29, 0.717) is 19.3 Å². The van der Waals surface area contributed by atoms with Crippen LogP contribution in [-0.2, 0) is 28.6 Å². The summed E-state index contributed by atoms with van der Waals surface area (Å²) in [5, 5.41) is 0. The first-order valence-corrected chi connectivity index (χ1v) is 34.2. The van der Waals surface area contributed by atoms with Crippen LogP contribution in [-0.4, -0.2) is 37.2 Å². The highest BCUT2D eigenvalue weighted by atomic mass is 16.6. The van der Waals surface area contributed by atoms with Gasteiger partial charge in [-0.2, -0.15) is 0 Å². The van der Waals surface area contributed by atoms with Gasteiger partial charge < -0.3 is 14.2 Å². The molecule has 0 spiro atoms. The summed E-state index contributed by atoms with van der Waals surface area (Å²) >= 11 is 0. The number of rotatable bonds is 64. The first-order chi connectivity index (χ1) is 37.0. The Balaban J connectivity index is 4.29. The molecular formula is C69H132O6. The van der Waals surface area contributed by atoms with E-state index < -0.39 is 6.10 Å². The van der Waals surface area contributed by atoms with Crippen LogP contribution in [0.2, 0.25) is 0 Å². The van der Waals surface area contributed by atoms with E-state index in [4.69, 9.17) is 14.2 Å². The molecule has 6 nitrogen and oxygen atoms in total. The Bertz CT molecular complexity index is 1170. The fourth-order valence-corrected chi connectivity index (χ4v) is 10.6. The molecule has 6 heteroatoms. The van der Waals surface area contributed by atoms with Crippen molar-refractivity contribution in [1.29, 1.82) is 0 Å². The molecule has 0 aromatic heterocycles. The minimum absolute atomic E-state index is 0.0649. The van der Waals surface area contributed by atoms with Crippen molar-refractivity contribution in [2.45, 2.75) is 399 Å². The standard InChI is InChI=1S/C69H132O6/c1-4-7-10-13-16-19-22-25-28-31-34-35-36-39-41-44-47-50-53-56-59-62-68(71)74-65-66(75-69(72)63-60-57-54-51-48-45-42-38-33-30-27-24-21-18-15-12-9-6-3)64-73-67(70)61-58-55-52-49-46-43-40-37-32-29-26-23-20-17-14-11-8-5-2/h30,33,66H,4-29,31-32,34-65H2,1-3H3/b33-30-. The lowest BCUT2D eigenvalue weighted by Crippen LogP contribution is -2.30. The van der Waals surface area contributed by atoms with Crippen molar-refractivity contribution in [3.63, 3.8) is 0 Å². The smallest absolute Gasteiger partial charge is 0.306 e. The summed E-state index contributed by atoms with van der Waals surface area (Å²) in [6.45, 7) is 6.73. The van der Waals surface area contributed by atoms with Crippen LogP contribution in [0.1, 0.15) is 393 Å². The van der Waals surface area contributed by atoms with Crippen LogP contribution in [0.3, 0.4) is 0 Å². The Hall–Kier alpha value is -1.85. The van der Waals surface area contributed by atoms with Gasteiger partial charge in [0.15, 0.2) is 6.10 Å². The molecule has 0 aliphatic rings. The molecule has 0 bridgehead atoms. The molecule has 0 aliphatic carbocycles. The number of carbonyl (C=O) groups is 3. The van der Waals surface area contributed by atoms with E-state index in [1.54, 1.807) is 0 Å². The van der Waals surface area contributed by atoms with E-state index in [2.05, 4.69) is 32.9 Å². The second kappa shape index (κ2) is 64.7. The largest absolute Gasteiger partial charge is 0.462 e. The Morgan fingerprint density at radius 2 is 0.440 bits per heavy atom. The molecule has 0 saturated carbocycles. The van der Waals surface area contributed by atoms with Crippen molar-refractivity contribution in [2.75, 3.05) is 13.2 Å². The van der Waals surface area contributed by atoms with Gasteiger partial charge in [0.05, 0.1) is 0 Å². The zero-order chi connectivity index (χ0) is 54.3. The average molecular weight is 1060 g/mol. The van der Waals surface area contributed by atoms with Gasteiger partial charge in [-0.3, -0.25) is 14.4 Å². The monoisotopic (exact) mass is 1060 g/mol. The third kappa shape index (κ3) is 62.9. The average Bonchev–Trinajstić information content (AvgIpc) is 3.41. The summed E-state index contributed by atoms with van der Waals surface area (Å²) in [6, 6.07) is 0. The molecule has 0 saturated heterocycles. The number of unbranched alkanes of at least 4 members (excludes halogenated alkanes) is 51. The summed E-state index contributed by atoms with van der Waals surface area (Å²) in [6.07, 6.45) is 76.5. The van der Waals surface area contributed by atoms with Gasteiger partial charge in [0.2, 0.25) is 0 Å². The van der Waals surface area contributed by atoms with Gasteiger partial charge in [-0.15, -0.1) is 0 Å². The van der Waals surface area contributed by atoms with Crippen molar-refractivity contribution < 1.29 is 28.6 Å². The van der Waals surface area contributed by atoms with E-state index in [-0.39, 0.29) is 31.1 Å². The zero-order valence-corrected chi connectivity index (χ0v) is 51.1. The number of hydrogen-bond donors (Lipinski definition) is 0. The fraction of sp³-hybridized carbons (Fsp3) is 0.928. The maximum atomic E-state index is 12.9. The predicted octanol–water partition coefficient (Wildman–Crippen LogP) is 23.2. The number of carbonyl (C=O) groups excluding carboxylic acids is 3. The maximum absolute atomic E-state index is 12.9. The molecule has 0 aromatic carbocycles. The van der Waals surface area contributed by atoms with Crippen molar-refractivity contribution in [3.05, 3.63) is 12.2 Å². The fourth-order valence-electron chi connectivity index (χ4n) is 10.6. The summed E-state index contributed by atoms with van der Waals surface area (Å²) in [7, 11) is 0. The van der Waals surface area contributed by atoms with Crippen LogP contribution in [0.25, 0.3) is 0 Å². The molecule has 1 unspecified atom stereocenters. The molecular weight excluding hydrogens is 925 g/mol. The topological polar surface area (TPSA) is 78.9 Å². The molecule has 0 rings (SSSR count). The van der Waals surface area contributed by atoms with Crippen LogP contribution in [0.5, 0.6) is 0 Å². The summed E-state index contributed by atoms with van der Waals surface area (Å²) in [5.74, 6) is -0.834. The van der Waals surface area contributed by atoms with E-state index >= 15 is 0 Å². The molecule has 0 amide bonds. The van der Waals surface area contributed by atoms with E-state index in [1.165, 1.54) is 295 Å². The second-order valence-corrected chi connectivity index (χ2v) is 23.5. The Labute approximate surface area is 469 Å². The van der Waals surface area contributed by atoms with Crippen molar-refractivity contribution in [2.24, 2.45) is 0 Å². The minimum atomic E-state index is -0.768. The Kier molecular flexibility index (Phi) is 63.1. The van der Waals surface area contributed by atoms with Gasteiger partial charge >= 0.3 is 17.9 Å². The van der Waals surface area contributed by atoms with Crippen LogP contribution in [0.4, 0.5) is 0 Å². The third-order valence-electron chi connectivity index (χ3n) is 15.8. The predicted molar refractivity (Wildman–Crippen MR) is 326 cm³/mol. The summed E-state index contributed by atoms with van der Waals surface area (Å²) in [4.78, 5) is 38.4. The maximum Gasteiger partial charge on any atom is 0.306 e. The van der Waals surface area contributed by atoms with Crippen LogP contribution in [0.15, 0.2) is 12.2 Å². The zero-order valence-electron chi connectivity index (χ0n) is 51.1. The molecule has 1 atom stereocenters. The molecule has 0 fully saturated rings. The normalized spacial score (nSPS) is 12.0. The number of allylic oxidation sites excluding steroid dienone is 2. The summed E-state index contributed by atoms with van der Waals surface area (Å²) < 4.78 is 17.0. The third-order valence-corrected chi connectivity index (χ3v) is 15.8. The molecule has 75 heavy (non-hydrogen) atoms. The van der Waals surface area contributed by atoms with Gasteiger partial charge in [-0.05, 0) is 44.9 Å². The van der Waals surface area contributed by atoms with Gasteiger partial charge in [0, 0.05) is 19.3 Å². The van der Waals surface area contributed by atoms with Gasteiger partial charge in [0.25, 0.3) is 0 Å². The van der Waals surface area contributed by atoms with Gasteiger partial charge in [0.1, 0.15) is 13.2 Å². The highest BCUT2D eigenvalue weighted by Crippen LogP contribution is 2.19. The molecule has 0 radical (unpaired) electrons. The molecule has 0 aromatic rings. The highest BCUT2D eigenvalue weighted by molar-refractivity contribution is 5.71. The SMILES string of the molecule is CCCCCCCCC/C=C\CCCCCCCCCC(=O)OC(COC(=O)CCCCCCCCCCCCCCCCCCCC)COC(=O)CCCCCCCCCCCCCCCCCCCCCCC. The second-order valence-electron chi connectivity index (χ2n) is 23.5. The van der Waals surface area contributed by atoms with Crippen molar-refractivity contribution in [3.8, 4) is 0 Å². The first kappa shape index (κ1) is 73.2. The molecule has 0 aliphatic heterocycles. The van der Waals surface area contributed by atoms with E-state index in [9.17, 15) is 14.4 Å². The highest BCUT2D eigenvalue weighted by Gasteiger charge is 2.19. The van der Waals surface area contributed by atoms with Gasteiger partial charge in [-0.25, -0.2) is 0 Å². The first-order valence-electron chi connectivity index (χ1n) is 34.2. The quantitative estimate of drug-likeness (QED) is 0.0261. The van der Waals surface area contributed by atoms with Crippen molar-refractivity contribution >= 4 is 17.9 Å². The number of ether oxygens (including phenoxy) is 3. The molecule has 0 N–H and O–H groups in total. The lowest BCUT2D eigenvalue weighted by molar-refractivity contribution is -0.167. The summed E-state index contributed by atoms with van der Waals surface area (Å²) in [5.41, 5.74) is 0. The lowest BCUT2D eigenvalue weighted by Gasteiger charge is -2.18.